The highest BCUT2D eigenvalue weighted by Crippen LogP contribution is 2.40. The van der Waals surface area contributed by atoms with Crippen molar-refractivity contribution in [2.24, 2.45) is 5.92 Å². The van der Waals surface area contributed by atoms with E-state index in [1.54, 1.807) is 16.7 Å². The van der Waals surface area contributed by atoms with E-state index >= 15 is 0 Å². The molecule has 1 aromatic rings. The van der Waals surface area contributed by atoms with E-state index < -0.39 is 11.9 Å². The van der Waals surface area contributed by atoms with E-state index in [2.05, 4.69) is 0 Å². The number of benzene rings is 1. The number of hydrogen-bond donors (Lipinski definition) is 1. The van der Waals surface area contributed by atoms with E-state index in [9.17, 15) is 9.59 Å². The van der Waals surface area contributed by atoms with Crippen LogP contribution in [0.15, 0.2) is 29.2 Å². The van der Waals surface area contributed by atoms with Crippen molar-refractivity contribution in [1.82, 2.24) is 4.90 Å². The SMILES string of the molecule is O=C(O)[C@@H]1CCCN(C(=O)C2CSc3ccccc32)C1. The van der Waals surface area contributed by atoms with Gasteiger partial charge < -0.3 is 10.0 Å². The molecule has 4 nitrogen and oxygen atoms in total. The number of carbonyl (C=O) groups excluding carboxylic acids is 1. The van der Waals surface area contributed by atoms with Gasteiger partial charge in [-0.05, 0) is 24.5 Å². The smallest absolute Gasteiger partial charge is 0.308 e. The molecule has 106 valence electrons. The molecule has 1 amide bonds. The first-order valence-corrected chi connectivity index (χ1v) is 7.88. The lowest BCUT2D eigenvalue weighted by molar-refractivity contribution is -0.145. The Labute approximate surface area is 122 Å². The van der Waals surface area contributed by atoms with Gasteiger partial charge in [-0.1, -0.05) is 18.2 Å². The van der Waals surface area contributed by atoms with Crippen molar-refractivity contribution in [2.45, 2.75) is 23.7 Å². The highest BCUT2D eigenvalue weighted by atomic mass is 32.2. The maximum absolute atomic E-state index is 12.7. The Morgan fingerprint density at radius 3 is 2.90 bits per heavy atom. The van der Waals surface area contributed by atoms with Gasteiger partial charge in [0.2, 0.25) is 5.91 Å². The number of thioether (sulfide) groups is 1. The third-order valence-electron chi connectivity index (χ3n) is 4.08. The summed E-state index contributed by atoms with van der Waals surface area (Å²) in [5.41, 5.74) is 1.10. The Morgan fingerprint density at radius 1 is 1.30 bits per heavy atom. The zero-order valence-corrected chi connectivity index (χ0v) is 11.9. The molecule has 1 saturated heterocycles. The van der Waals surface area contributed by atoms with Gasteiger partial charge in [0, 0.05) is 23.7 Å². The van der Waals surface area contributed by atoms with E-state index in [0.717, 1.165) is 17.7 Å². The number of carboxylic acids is 1. The summed E-state index contributed by atoms with van der Waals surface area (Å²) in [4.78, 5) is 26.7. The molecule has 0 aliphatic carbocycles. The average Bonchev–Trinajstić information content (AvgIpc) is 2.90. The van der Waals surface area contributed by atoms with Crippen LogP contribution in [-0.4, -0.2) is 40.7 Å². The van der Waals surface area contributed by atoms with Crippen LogP contribution >= 0.6 is 11.8 Å². The van der Waals surface area contributed by atoms with Crippen molar-refractivity contribution in [3.63, 3.8) is 0 Å². The lowest BCUT2D eigenvalue weighted by atomic mass is 9.94. The number of fused-ring (bicyclic) bond motifs is 1. The second-order valence-electron chi connectivity index (χ2n) is 5.36. The minimum atomic E-state index is -0.788. The number of piperidine rings is 1. The van der Waals surface area contributed by atoms with Gasteiger partial charge in [-0.15, -0.1) is 11.8 Å². The van der Waals surface area contributed by atoms with Crippen LogP contribution in [0.1, 0.15) is 24.3 Å². The predicted molar refractivity (Wildman–Crippen MR) is 76.8 cm³/mol. The van der Waals surface area contributed by atoms with Crippen molar-refractivity contribution in [3.8, 4) is 0 Å². The molecule has 2 aliphatic heterocycles. The summed E-state index contributed by atoms with van der Waals surface area (Å²) in [6, 6.07) is 8.00. The number of likely N-dealkylation sites (tertiary alicyclic amines) is 1. The highest BCUT2D eigenvalue weighted by Gasteiger charge is 2.35. The number of rotatable bonds is 2. The van der Waals surface area contributed by atoms with Crippen LogP contribution in [0.3, 0.4) is 0 Å². The van der Waals surface area contributed by atoms with E-state index in [1.165, 1.54) is 4.90 Å². The number of hydrogen-bond acceptors (Lipinski definition) is 3. The second kappa shape index (κ2) is 5.48. The summed E-state index contributed by atoms with van der Waals surface area (Å²) < 4.78 is 0. The van der Waals surface area contributed by atoms with Gasteiger partial charge in [0.15, 0.2) is 0 Å². The van der Waals surface area contributed by atoms with Gasteiger partial charge in [0.25, 0.3) is 0 Å². The molecule has 2 aliphatic rings. The fourth-order valence-corrected chi connectivity index (χ4v) is 4.19. The fraction of sp³-hybridized carbons (Fsp3) is 0.467. The second-order valence-corrected chi connectivity index (χ2v) is 6.42. The van der Waals surface area contributed by atoms with Gasteiger partial charge in [-0.2, -0.15) is 0 Å². The van der Waals surface area contributed by atoms with Crippen LogP contribution in [0, 0.1) is 5.92 Å². The molecule has 5 heteroatoms. The van der Waals surface area contributed by atoms with E-state index in [-0.39, 0.29) is 11.8 Å². The van der Waals surface area contributed by atoms with Crippen molar-refractivity contribution < 1.29 is 14.7 Å². The average molecular weight is 291 g/mol. The Balaban J connectivity index is 1.75. The van der Waals surface area contributed by atoms with Gasteiger partial charge in [-0.3, -0.25) is 9.59 Å². The molecule has 1 fully saturated rings. The van der Waals surface area contributed by atoms with Gasteiger partial charge in [-0.25, -0.2) is 0 Å². The lowest BCUT2D eigenvalue weighted by Gasteiger charge is -2.32. The molecule has 1 N–H and O–H groups in total. The van der Waals surface area contributed by atoms with Crippen molar-refractivity contribution >= 4 is 23.6 Å². The normalized spacial score (nSPS) is 25.3. The Hall–Kier alpha value is -1.49. The van der Waals surface area contributed by atoms with Crippen LogP contribution in [0.5, 0.6) is 0 Å². The minimum absolute atomic E-state index is 0.0911. The predicted octanol–water partition coefficient (Wildman–Crippen LogP) is 2.20. The zero-order valence-electron chi connectivity index (χ0n) is 11.1. The molecule has 0 spiro atoms. The van der Waals surface area contributed by atoms with Crippen LogP contribution in [0.2, 0.25) is 0 Å². The first kappa shape index (κ1) is 13.5. The Morgan fingerprint density at radius 2 is 2.10 bits per heavy atom. The molecule has 3 rings (SSSR count). The van der Waals surface area contributed by atoms with E-state index in [1.807, 2.05) is 24.3 Å². The molecule has 2 heterocycles. The molecule has 0 radical (unpaired) electrons. The molecule has 0 aromatic heterocycles. The van der Waals surface area contributed by atoms with Gasteiger partial charge >= 0.3 is 5.97 Å². The van der Waals surface area contributed by atoms with Crippen LogP contribution in [0.4, 0.5) is 0 Å². The number of carboxylic acid groups (broad SMARTS) is 1. The Kier molecular flexibility index (Phi) is 3.70. The van der Waals surface area contributed by atoms with Crippen LogP contribution in [0.25, 0.3) is 0 Å². The monoisotopic (exact) mass is 291 g/mol. The summed E-state index contributed by atoms with van der Waals surface area (Å²) in [6.45, 7) is 1.05. The van der Waals surface area contributed by atoms with Crippen molar-refractivity contribution in [3.05, 3.63) is 29.8 Å². The van der Waals surface area contributed by atoms with Crippen LogP contribution < -0.4 is 0 Å². The number of nitrogens with zero attached hydrogens (tertiary/aromatic N) is 1. The van der Waals surface area contributed by atoms with Crippen molar-refractivity contribution in [2.75, 3.05) is 18.8 Å². The third-order valence-corrected chi connectivity index (χ3v) is 5.26. The van der Waals surface area contributed by atoms with E-state index in [4.69, 9.17) is 5.11 Å². The largest absolute Gasteiger partial charge is 0.481 e. The summed E-state index contributed by atoms with van der Waals surface area (Å²) in [5.74, 6) is -0.440. The molecular formula is C15H17NO3S. The van der Waals surface area contributed by atoms with Crippen LogP contribution in [-0.2, 0) is 9.59 Å². The first-order chi connectivity index (χ1) is 9.66. The van der Waals surface area contributed by atoms with Gasteiger partial charge in [0.1, 0.15) is 0 Å². The zero-order chi connectivity index (χ0) is 14.1. The quantitative estimate of drug-likeness (QED) is 0.907. The first-order valence-electron chi connectivity index (χ1n) is 6.90. The van der Waals surface area contributed by atoms with Gasteiger partial charge in [0.05, 0.1) is 11.8 Å². The van der Waals surface area contributed by atoms with Crippen molar-refractivity contribution in [1.29, 1.82) is 0 Å². The molecule has 1 aromatic carbocycles. The molecule has 0 saturated carbocycles. The third kappa shape index (κ3) is 2.42. The summed E-state index contributed by atoms with van der Waals surface area (Å²) in [6.07, 6.45) is 1.46. The Bertz CT molecular complexity index is 546. The standard InChI is InChI=1S/C15H17NO3S/c17-14(16-7-3-4-10(8-16)15(18)19)12-9-20-13-6-2-1-5-11(12)13/h1-2,5-6,10,12H,3-4,7-9H2,(H,18,19)/t10-,12?/m1/s1. The molecule has 0 bridgehead atoms. The minimum Gasteiger partial charge on any atom is -0.481 e. The topological polar surface area (TPSA) is 57.6 Å². The molecule has 20 heavy (non-hydrogen) atoms. The maximum Gasteiger partial charge on any atom is 0.308 e. The number of aliphatic carboxylic acids is 1. The lowest BCUT2D eigenvalue weighted by Crippen LogP contribution is -2.44. The fourth-order valence-electron chi connectivity index (χ4n) is 2.97. The molecular weight excluding hydrogens is 274 g/mol. The summed E-state index contributed by atoms with van der Waals surface area (Å²) >= 11 is 1.71. The van der Waals surface area contributed by atoms with E-state index in [0.29, 0.717) is 19.5 Å². The highest BCUT2D eigenvalue weighted by molar-refractivity contribution is 7.99. The number of carbonyl (C=O) groups is 2. The molecule has 1 unspecified atom stereocenters. The maximum atomic E-state index is 12.7. The summed E-state index contributed by atoms with van der Waals surface area (Å²) in [7, 11) is 0. The summed E-state index contributed by atoms with van der Waals surface area (Å²) in [5, 5.41) is 9.12. The number of amides is 1. The molecule has 2 atom stereocenters.